The van der Waals surface area contributed by atoms with Gasteiger partial charge in [-0.25, -0.2) is 13.9 Å². The third-order valence-corrected chi connectivity index (χ3v) is 6.30. The quantitative estimate of drug-likeness (QED) is 0.665. The van der Waals surface area contributed by atoms with Gasteiger partial charge in [-0.15, -0.1) is 0 Å². The zero-order valence-electron chi connectivity index (χ0n) is 17.8. The fraction of sp³-hybridized carbons (Fsp3) is 0.700. The number of imidazole rings is 1. The summed E-state index contributed by atoms with van der Waals surface area (Å²) in [6.45, 7) is 11.2. The number of likely N-dealkylation sites (N-methyl/N-ethyl adjacent to an activating group) is 1. The first kappa shape index (κ1) is 20.0. The van der Waals surface area contributed by atoms with E-state index < -0.39 is 6.04 Å². The van der Waals surface area contributed by atoms with Crippen molar-refractivity contribution in [1.82, 2.24) is 19.3 Å². The molecule has 4 heterocycles. The molecule has 29 heavy (non-hydrogen) atoms. The van der Waals surface area contributed by atoms with Gasteiger partial charge in [-0.3, -0.25) is 19.5 Å². The summed E-state index contributed by atoms with van der Waals surface area (Å²) in [5.74, 6) is 1.13. The molecule has 3 amide bonds. The van der Waals surface area contributed by atoms with Crippen molar-refractivity contribution >= 4 is 23.7 Å². The van der Waals surface area contributed by atoms with E-state index in [1.165, 1.54) is 9.80 Å². The first-order valence-corrected chi connectivity index (χ1v) is 10.5. The molecule has 0 aromatic carbocycles. The van der Waals surface area contributed by atoms with Crippen molar-refractivity contribution in [3.8, 4) is 0 Å². The Morgan fingerprint density at radius 2 is 1.90 bits per heavy atom. The van der Waals surface area contributed by atoms with Gasteiger partial charge in [-0.2, -0.15) is 0 Å². The summed E-state index contributed by atoms with van der Waals surface area (Å²) in [5, 5.41) is 0. The Morgan fingerprint density at radius 1 is 1.17 bits per heavy atom. The Bertz CT molecular complexity index is 855. The van der Waals surface area contributed by atoms with Crippen molar-refractivity contribution in [2.75, 3.05) is 46.4 Å². The van der Waals surface area contributed by atoms with Crippen LogP contribution in [0.25, 0.3) is 0 Å². The number of carbonyl (C=O) groups excluding carboxylic acids is 2. The first-order valence-electron chi connectivity index (χ1n) is 10.5. The van der Waals surface area contributed by atoms with Gasteiger partial charge >= 0.3 is 12.0 Å². The smallest absolute Gasteiger partial charge is 0.379 e. The van der Waals surface area contributed by atoms with Crippen molar-refractivity contribution in [2.24, 2.45) is 4.99 Å². The van der Waals surface area contributed by atoms with E-state index in [0.29, 0.717) is 32.1 Å². The van der Waals surface area contributed by atoms with Crippen LogP contribution in [0, 0.1) is 13.8 Å². The largest absolute Gasteiger partial charge is 0.402 e. The minimum Gasteiger partial charge on any atom is -0.379 e. The number of unbranched alkanes of at least 4 members (excludes halogenated alkanes) is 1. The highest BCUT2D eigenvalue weighted by molar-refractivity contribution is 6.20. The van der Waals surface area contributed by atoms with Crippen LogP contribution in [-0.2, 0) is 16.1 Å². The molecule has 0 saturated carbocycles. The second kappa shape index (κ2) is 7.87. The van der Waals surface area contributed by atoms with E-state index in [4.69, 9.17) is 9.73 Å². The lowest BCUT2D eigenvalue weighted by molar-refractivity contribution is -0.689. The molecule has 1 unspecified atom stereocenters. The van der Waals surface area contributed by atoms with Crippen molar-refractivity contribution in [3.05, 3.63) is 11.4 Å². The Morgan fingerprint density at radius 3 is 2.59 bits per heavy atom. The maximum atomic E-state index is 13.4. The average Bonchev–Trinajstić information content (AvgIpc) is 3.22. The van der Waals surface area contributed by atoms with Crippen LogP contribution in [0.5, 0.6) is 0 Å². The molecule has 4 rings (SSSR count). The van der Waals surface area contributed by atoms with Gasteiger partial charge in [-0.05, 0) is 20.3 Å². The molecule has 2 fully saturated rings. The molecule has 3 aliphatic rings. The molecule has 0 spiro atoms. The minimum atomic E-state index is -0.557. The van der Waals surface area contributed by atoms with Gasteiger partial charge in [0.15, 0.2) is 0 Å². The fourth-order valence-electron chi connectivity index (χ4n) is 4.36. The summed E-state index contributed by atoms with van der Waals surface area (Å²) in [6.07, 6.45) is 2.13. The summed E-state index contributed by atoms with van der Waals surface area (Å²) in [7, 11) is 1.72. The molecule has 0 aliphatic carbocycles. The van der Waals surface area contributed by atoms with Gasteiger partial charge in [0.05, 0.1) is 19.8 Å². The molecule has 0 N–H and O–H groups in total. The van der Waals surface area contributed by atoms with Gasteiger partial charge in [0, 0.05) is 33.2 Å². The second-order valence-electron chi connectivity index (χ2n) is 8.00. The Labute approximate surface area is 171 Å². The van der Waals surface area contributed by atoms with Crippen LogP contribution in [0.2, 0.25) is 0 Å². The van der Waals surface area contributed by atoms with E-state index in [-0.39, 0.29) is 11.9 Å². The van der Waals surface area contributed by atoms with Crippen molar-refractivity contribution in [2.45, 2.75) is 46.2 Å². The van der Waals surface area contributed by atoms with E-state index in [0.717, 1.165) is 49.8 Å². The van der Waals surface area contributed by atoms with Gasteiger partial charge in [0.1, 0.15) is 11.4 Å². The van der Waals surface area contributed by atoms with E-state index >= 15 is 0 Å². The molecule has 1 aromatic heterocycles. The number of hydrogen-bond acceptors (Lipinski definition) is 5. The van der Waals surface area contributed by atoms with E-state index in [1.807, 2.05) is 11.5 Å². The van der Waals surface area contributed by atoms with Gasteiger partial charge in [0.2, 0.25) is 11.9 Å². The van der Waals surface area contributed by atoms with Crippen LogP contribution in [0.1, 0.15) is 37.2 Å². The van der Waals surface area contributed by atoms with Crippen LogP contribution < -0.4 is 4.57 Å². The standard InChI is InChI=1S/C20H31N6O3/c1-5-6-7-24-14(2)15(3)26-16-17(21-19(24)26)22(4)20(28)25(18(16)27)9-8-23-10-12-29-13-11-23/h16H,5-13H2,1-4H3/q+1. The summed E-state index contributed by atoms with van der Waals surface area (Å²) in [5.41, 5.74) is 2.16. The van der Waals surface area contributed by atoms with Crippen LogP contribution in [0.4, 0.5) is 10.7 Å². The third kappa shape index (κ3) is 3.26. The lowest BCUT2D eigenvalue weighted by Crippen LogP contribution is -2.59. The number of amidine groups is 1. The number of ether oxygens (including phenoxy) is 1. The summed E-state index contributed by atoms with van der Waals surface area (Å²) in [4.78, 5) is 36.2. The first-order chi connectivity index (χ1) is 14.0. The van der Waals surface area contributed by atoms with Crippen LogP contribution >= 0.6 is 0 Å². The molecule has 9 heteroatoms. The highest BCUT2D eigenvalue weighted by Crippen LogP contribution is 2.35. The highest BCUT2D eigenvalue weighted by Gasteiger charge is 2.54. The maximum Gasteiger partial charge on any atom is 0.402 e. The number of fused-ring (bicyclic) bond motifs is 3. The fourth-order valence-corrected chi connectivity index (χ4v) is 4.36. The molecule has 158 valence electrons. The number of aromatic nitrogens is 2. The topological polar surface area (TPSA) is 74.3 Å². The molecule has 9 nitrogen and oxygen atoms in total. The summed E-state index contributed by atoms with van der Waals surface area (Å²) >= 11 is 0. The lowest BCUT2D eigenvalue weighted by atomic mass is 10.1. The molecular formula is C20H31N6O3+. The molecular weight excluding hydrogens is 372 g/mol. The van der Waals surface area contributed by atoms with E-state index in [2.05, 4.69) is 23.3 Å². The number of imide groups is 1. The zero-order chi connectivity index (χ0) is 20.7. The Balaban J connectivity index is 1.61. The number of nitrogens with zero attached hydrogens (tertiary/aromatic N) is 6. The molecule has 1 aromatic rings. The zero-order valence-corrected chi connectivity index (χ0v) is 17.8. The molecule has 3 aliphatic heterocycles. The van der Waals surface area contributed by atoms with Gasteiger partial charge in [0.25, 0.3) is 5.91 Å². The SMILES string of the molecule is CCCC[n+]1c(C)c(C)n2c1N=C1C2C(=O)N(CCN2CCOCC2)C(=O)N1C. The monoisotopic (exact) mass is 403 g/mol. The lowest BCUT2D eigenvalue weighted by Gasteiger charge is -2.35. The van der Waals surface area contributed by atoms with Gasteiger partial charge in [-0.1, -0.05) is 18.3 Å². The summed E-state index contributed by atoms with van der Waals surface area (Å²) in [6, 6.07) is -0.850. The third-order valence-electron chi connectivity index (χ3n) is 6.30. The predicted octanol–water partition coefficient (Wildman–Crippen LogP) is 1.00. The van der Waals surface area contributed by atoms with E-state index in [9.17, 15) is 9.59 Å². The number of aliphatic imine (C=N–C) groups is 1. The number of amides is 3. The van der Waals surface area contributed by atoms with Crippen molar-refractivity contribution < 1.29 is 18.9 Å². The molecule has 0 radical (unpaired) electrons. The van der Waals surface area contributed by atoms with Crippen molar-refractivity contribution in [3.63, 3.8) is 0 Å². The second-order valence-corrected chi connectivity index (χ2v) is 8.00. The Kier molecular flexibility index (Phi) is 5.44. The van der Waals surface area contributed by atoms with Gasteiger partial charge < -0.3 is 4.74 Å². The highest BCUT2D eigenvalue weighted by atomic mass is 16.5. The van der Waals surface area contributed by atoms with Crippen LogP contribution in [0.3, 0.4) is 0 Å². The summed E-state index contributed by atoms with van der Waals surface area (Å²) < 4.78 is 9.56. The number of carbonyl (C=O) groups is 2. The Hall–Kier alpha value is -2.26. The van der Waals surface area contributed by atoms with Crippen LogP contribution in [0.15, 0.2) is 4.99 Å². The predicted molar refractivity (Wildman–Crippen MR) is 107 cm³/mol. The number of rotatable bonds is 6. The minimum absolute atomic E-state index is 0.181. The van der Waals surface area contributed by atoms with E-state index in [1.54, 1.807) is 7.05 Å². The average molecular weight is 404 g/mol. The molecule has 2 saturated heterocycles. The number of hydrogen-bond donors (Lipinski definition) is 0. The normalized spacial score (nSPS) is 22.2. The maximum absolute atomic E-state index is 13.4. The van der Waals surface area contributed by atoms with Crippen LogP contribution in [-0.4, -0.2) is 83.5 Å². The molecule has 0 bridgehead atoms. The number of urea groups is 1. The molecule has 1 atom stereocenters. The van der Waals surface area contributed by atoms with Crippen molar-refractivity contribution in [1.29, 1.82) is 0 Å². The number of morpholine rings is 1.